The van der Waals surface area contributed by atoms with E-state index in [4.69, 9.17) is 10.5 Å². The predicted octanol–water partition coefficient (Wildman–Crippen LogP) is 2.32. The van der Waals surface area contributed by atoms with E-state index in [1.54, 1.807) is 38.1 Å². The number of benzene rings is 2. The van der Waals surface area contributed by atoms with E-state index in [9.17, 15) is 19.2 Å². The van der Waals surface area contributed by atoms with Gasteiger partial charge in [0.1, 0.15) is 11.4 Å². The third-order valence-corrected chi connectivity index (χ3v) is 5.41. The number of Topliss-reactive ketones (excluding diaryl/α,β-unsaturated/α-hetero) is 1. The maximum atomic E-state index is 12.9. The molecular weight excluding hydrogens is 410 g/mol. The van der Waals surface area contributed by atoms with E-state index in [1.165, 1.54) is 4.57 Å². The van der Waals surface area contributed by atoms with Crippen LogP contribution in [0.25, 0.3) is 0 Å². The Morgan fingerprint density at radius 2 is 1.66 bits per heavy atom. The van der Waals surface area contributed by atoms with Gasteiger partial charge in [-0.05, 0) is 43.5 Å². The van der Waals surface area contributed by atoms with Crippen LogP contribution in [0.1, 0.15) is 44.3 Å². The molecule has 0 fully saturated rings. The number of hydrogen-bond acceptors (Lipinski definition) is 6. The topological polar surface area (TPSA) is 113 Å². The van der Waals surface area contributed by atoms with E-state index in [1.807, 2.05) is 31.2 Å². The van der Waals surface area contributed by atoms with Crippen molar-refractivity contribution in [2.75, 3.05) is 12.3 Å². The summed E-state index contributed by atoms with van der Waals surface area (Å²) >= 11 is 0. The number of ketones is 1. The molecule has 1 heterocycles. The van der Waals surface area contributed by atoms with Crippen LogP contribution in [0.5, 0.6) is 0 Å². The van der Waals surface area contributed by atoms with Crippen LogP contribution in [-0.2, 0) is 17.8 Å². The monoisotopic (exact) mass is 435 g/mol. The second-order valence-electron chi connectivity index (χ2n) is 7.41. The molecule has 3 aromatic rings. The fourth-order valence-corrected chi connectivity index (χ4v) is 3.43. The number of nitrogens with zero attached hydrogens (tertiary/aromatic N) is 2. The van der Waals surface area contributed by atoms with E-state index in [0.29, 0.717) is 5.56 Å². The van der Waals surface area contributed by atoms with Crippen LogP contribution in [0.4, 0.5) is 5.82 Å². The minimum Gasteiger partial charge on any atom is -0.454 e. The smallest absolute Gasteiger partial charge is 0.338 e. The molecule has 0 aliphatic carbocycles. The Balaban J connectivity index is 1.94. The van der Waals surface area contributed by atoms with Crippen LogP contribution in [0, 0.1) is 13.8 Å². The van der Waals surface area contributed by atoms with Crippen LogP contribution in [0.3, 0.4) is 0 Å². The average Bonchev–Trinajstić information content (AvgIpc) is 2.78. The molecule has 166 valence electrons. The lowest BCUT2D eigenvalue weighted by atomic mass is 10.0. The van der Waals surface area contributed by atoms with Gasteiger partial charge in [0, 0.05) is 6.54 Å². The maximum absolute atomic E-state index is 12.9. The Morgan fingerprint density at radius 1 is 0.969 bits per heavy atom. The lowest BCUT2D eigenvalue weighted by molar-refractivity contribution is 0.0473. The number of hydrogen-bond donors (Lipinski definition) is 1. The summed E-state index contributed by atoms with van der Waals surface area (Å²) in [4.78, 5) is 50.9. The number of nitrogens with two attached hydrogens (primary N) is 1. The summed E-state index contributed by atoms with van der Waals surface area (Å²) in [5.74, 6) is -1.69. The van der Waals surface area contributed by atoms with Gasteiger partial charge in [0.25, 0.3) is 5.56 Å². The fraction of sp³-hybridized carbons (Fsp3) is 0.250. The van der Waals surface area contributed by atoms with Gasteiger partial charge in [-0.3, -0.25) is 18.7 Å². The molecule has 2 aromatic carbocycles. The normalized spacial score (nSPS) is 10.7. The highest BCUT2D eigenvalue weighted by Crippen LogP contribution is 2.15. The summed E-state index contributed by atoms with van der Waals surface area (Å²) in [7, 11) is 0. The van der Waals surface area contributed by atoms with Crippen molar-refractivity contribution >= 4 is 17.6 Å². The SMILES string of the molecule is CCn1c(=O)c(C(=O)COC(=O)c2cccc(C)c2C)c(N)n(Cc2ccccc2)c1=O. The summed E-state index contributed by atoms with van der Waals surface area (Å²) in [6.07, 6.45) is 0. The number of aryl methyl sites for hydroxylation is 1. The van der Waals surface area contributed by atoms with Crippen molar-refractivity contribution in [2.24, 2.45) is 0 Å². The summed E-state index contributed by atoms with van der Waals surface area (Å²) < 4.78 is 7.30. The first-order chi connectivity index (χ1) is 15.3. The van der Waals surface area contributed by atoms with Crippen molar-refractivity contribution in [2.45, 2.75) is 33.9 Å². The van der Waals surface area contributed by atoms with Gasteiger partial charge in [0.05, 0.1) is 12.1 Å². The minimum atomic E-state index is -0.799. The van der Waals surface area contributed by atoms with Crippen molar-refractivity contribution in [1.82, 2.24) is 9.13 Å². The van der Waals surface area contributed by atoms with Gasteiger partial charge in [-0.2, -0.15) is 0 Å². The molecule has 0 amide bonds. The van der Waals surface area contributed by atoms with Crippen LogP contribution < -0.4 is 17.0 Å². The quantitative estimate of drug-likeness (QED) is 0.450. The number of nitrogen functional groups attached to an aromatic ring is 1. The number of ether oxygens (including phenoxy) is 1. The van der Waals surface area contributed by atoms with Gasteiger partial charge in [0.2, 0.25) is 5.78 Å². The highest BCUT2D eigenvalue weighted by atomic mass is 16.5. The molecule has 0 spiro atoms. The molecule has 0 unspecified atom stereocenters. The van der Waals surface area contributed by atoms with Gasteiger partial charge in [0.15, 0.2) is 6.61 Å². The zero-order valence-electron chi connectivity index (χ0n) is 18.3. The third kappa shape index (κ3) is 4.39. The molecule has 3 rings (SSSR count). The number of carbonyl (C=O) groups excluding carboxylic acids is 2. The Bertz CT molecular complexity index is 1290. The molecule has 0 radical (unpaired) electrons. The number of carbonyl (C=O) groups is 2. The molecule has 0 bridgehead atoms. The predicted molar refractivity (Wildman–Crippen MR) is 121 cm³/mol. The molecule has 0 aliphatic heterocycles. The number of esters is 1. The molecule has 8 nitrogen and oxygen atoms in total. The van der Waals surface area contributed by atoms with E-state index in [-0.39, 0.29) is 24.5 Å². The summed E-state index contributed by atoms with van der Waals surface area (Å²) in [6.45, 7) is 4.76. The lowest BCUT2D eigenvalue weighted by Crippen LogP contribution is -2.44. The van der Waals surface area contributed by atoms with E-state index >= 15 is 0 Å². The van der Waals surface area contributed by atoms with Gasteiger partial charge in [-0.1, -0.05) is 42.5 Å². The van der Waals surface area contributed by atoms with Crippen LogP contribution in [0.15, 0.2) is 58.1 Å². The Labute approximate surface area is 184 Å². The first kappa shape index (κ1) is 22.7. The Hall–Kier alpha value is -3.94. The molecule has 0 atom stereocenters. The van der Waals surface area contributed by atoms with Crippen molar-refractivity contribution in [3.63, 3.8) is 0 Å². The summed E-state index contributed by atoms with van der Waals surface area (Å²) in [6, 6.07) is 14.3. The van der Waals surface area contributed by atoms with E-state index in [2.05, 4.69) is 0 Å². The highest BCUT2D eigenvalue weighted by Gasteiger charge is 2.24. The maximum Gasteiger partial charge on any atom is 0.338 e. The zero-order valence-corrected chi connectivity index (χ0v) is 18.3. The molecule has 32 heavy (non-hydrogen) atoms. The van der Waals surface area contributed by atoms with Gasteiger partial charge in [-0.15, -0.1) is 0 Å². The van der Waals surface area contributed by atoms with Gasteiger partial charge in [-0.25, -0.2) is 9.59 Å². The standard InChI is InChI=1S/C24H25N3O5/c1-4-26-22(29)20(21(25)27(24(26)31)13-17-10-6-5-7-11-17)19(28)14-32-23(30)18-12-8-9-15(2)16(18)3/h5-12H,4,13-14,25H2,1-3H3. The highest BCUT2D eigenvalue weighted by molar-refractivity contribution is 6.02. The van der Waals surface area contributed by atoms with Crippen molar-refractivity contribution in [1.29, 1.82) is 0 Å². The van der Waals surface area contributed by atoms with Crippen molar-refractivity contribution in [3.05, 3.63) is 97.2 Å². The summed E-state index contributed by atoms with van der Waals surface area (Å²) in [5, 5.41) is 0. The molecule has 0 aliphatic rings. The van der Waals surface area contributed by atoms with E-state index in [0.717, 1.165) is 21.3 Å². The van der Waals surface area contributed by atoms with Crippen LogP contribution in [0.2, 0.25) is 0 Å². The molecule has 8 heteroatoms. The Kier molecular flexibility index (Phi) is 6.73. The summed E-state index contributed by atoms with van der Waals surface area (Å²) in [5.41, 5.74) is 7.11. The fourth-order valence-electron chi connectivity index (χ4n) is 3.43. The number of aromatic nitrogens is 2. The lowest BCUT2D eigenvalue weighted by Gasteiger charge is -2.16. The number of anilines is 1. The first-order valence-electron chi connectivity index (χ1n) is 10.2. The second-order valence-corrected chi connectivity index (χ2v) is 7.41. The van der Waals surface area contributed by atoms with Crippen LogP contribution >= 0.6 is 0 Å². The molecular formula is C24H25N3O5. The molecule has 0 saturated heterocycles. The largest absolute Gasteiger partial charge is 0.454 e. The third-order valence-electron chi connectivity index (χ3n) is 5.41. The minimum absolute atomic E-state index is 0.0648. The Morgan fingerprint density at radius 3 is 2.31 bits per heavy atom. The number of rotatable bonds is 7. The van der Waals surface area contributed by atoms with Crippen molar-refractivity contribution in [3.8, 4) is 0 Å². The van der Waals surface area contributed by atoms with Gasteiger partial charge < -0.3 is 10.5 Å². The first-order valence-corrected chi connectivity index (χ1v) is 10.2. The van der Waals surface area contributed by atoms with Crippen LogP contribution in [-0.4, -0.2) is 27.5 Å². The zero-order chi connectivity index (χ0) is 23.4. The molecule has 0 saturated carbocycles. The molecule has 1 aromatic heterocycles. The van der Waals surface area contributed by atoms with Crippen molar-refractivity contribution < 1.29 is 14.3 Å². The molecule has 2 N–H and O–H groups in total. The van der Waals surface area contributed by atoms with E-state index < -0.39 is 29.6 Å². The second kappa shape index (κ2) is 9.47. The average molecular weight is 435 g/mol. The van der Waals surface area contributed by atoms with Gasteiger partial charge >= 0.3 is 11.7 Å².